The highest BCUT2D eigenvalue weighted by atomic mass is 35.5. The van der Waals surface area contributed by atoms with Crippen molar-refractivity contribution in [3.05, 3.63) is 71.5 Å². The van der Waals surface area contributed by atoms with Crippen LogP contribution in [0.5, 0.6) is 11.8 Å². The van der Waals surface area contributed by atoms with Gasteiger partial charge in [-0.05, 0) is 18.6 Å². The molecule has 0 saturated carbocycles. The maximum absolute atomic E-state index is 5.78. The molecule has 0 atom stereocenters. The lowest BCUT2D eigenvalue weighted by Gasteiger charge is -2.10. The second-order valence-electron chi connectivity index (χ2n) is 4.65. The van der Waals surface area contributed by atoms with E-state index in [0.717, 1.165) is 11.1 Å². The molecule has 3 nitrogen and oxygen atoms in total. The summed E-state index contributed by atoms with van der Waals surface area (Å²) in [5, 5.41) is 0.481. The van der Waals surface area contributed by atoms with E-state index in [0.29, 0.717) is 10.8 Å². The topological polar surface area (TPSA) is 35.0 Å². The van der Waals surface area contributed by atoms with Crippen molar-refractivity contribution in [1.82, 2.24) is 9.97 Å². The number of benzene rings is 2. The summed E-state index contributed by atoms with van der Waals surface area (Å²) in [7, 11) is 0. The number of hydrogen-bond acceptors (Lipinski definition) is 3. The third-order valence-corrected chi connectivity index (χ3v) is 3.24. The highest BCUT2D eigenvalue weighted by Gasteiger charge is 2.08. The van der Waals surface area contributed by atoms with E-state index in [1.165, 1.54) is 18.0 Å². The van der Waals surface area contributed by atoms with Crippen molar-refractivity contribution in [2.75, 3.05) is 0 Å². The Bertz CT molecular complexity index is 739. The van der Waals surface area contributed by atoms with Crippen LogP contribution >= 0.6 is 11.6 Å². The van der Waals surface area contributed by atoms with Crippen molar-refractivity contribution in [3.63, 3.8) is 0 Å². The van der Waals surface area contributed by atoms with Gasteiger partial charge in [0.15, 0.2) is 0 Å². The number of aryl methyl sites for hydroxylation is 1. The largest absolute Gasteiger partial charge is 0.424 e. The molecule has 0 aliphatic carbocycles. The van der Waals surface area contributed by atoms with E-state index in [1.807, 2.05) is 24.3 Å². The average Bonchev–Trinajstić information content (AvgIpc) is 2.51. The lowest BCUT2D eigenvalue weighted by molar-refractivity contribution is 0.443. The zero-order valence-corrected chi connectivity index (χ0v) is 12.2. The first kappa shape index (κ1) is 13.6. The maximum atomic E-state index is 5.78. The van der Waals surface area contributed by atoms with E-state index in [9.17, 15) is 0 Å². The predicted molar refractivity (Wildman–Crippen MR) is 83.7 cm³/mol. The molecule has 1 heterocycles. The van der Waals surface area contributed by atoms with Crippen LogP contribution in [-0.4, -0.2) is 9.97 Å². The Balaban J connectivity index is 1.96. The number of ether oxygens (including phenoxy) is 1. The Morgan fingerprint density at radius 2 is 1.57 bits per heavy atom. The van der Waals surface area contributed by atoms with Crippen LogP contribution in [0, 0.1) is 6.92 Å². The lowest BCUT2D eigenvalue weighted by atomic mass is 10.0. The van der Waals surface area contributed by atoms with Crippen LogP contribution in [0.1, 0.15) is 5.56 Å². The Labute approximate surface area is 128 Å². The highest BCUT2D eigenvalue weighted by molar-refractivity contribution is 6.30. The van der Waals surface area contributed by atoms with Gasteiger partial charge in [-0.3, -0.25) is 0 Å². The van der Waals surface area contributed by atoms with E-state index in [4.69, 9.17) is 16.3 Å². The zero-order valence-electron chi connectivity index (χ0n) is 11.5. The summed E-state index contributed by atoms with van der Waals surface area (Å²) < 4.78 is 5.77. The normalized spacial score (nSPS) is 10.4. The Morgan fingerprint density at radius 1 is 0.905 bits per heavy atom. The second-order valence-corrected chi connectivity index (χ2v) is 5.08. The van der Waals surface area contributed by atoms with Crippen LogP contribution in [-0.2, 0) is 0 Å². The van der Waals surface area contributed by atoms with Gasteiger partial charge in [0, 0.05) is 5.56 Å². The van der Waals surface area contributed by atoms with E-state index in [2.05, 4.69) is 41.2 Å². The highest BCUT2D eigenvalue weighted by Crippen LogP contribution is 2.32. The van der Waals surface area contributed by atoms with Gasteiger partial charge in [0.1, 0.15) is 5.75 Å². The molecule has 2 aromatic carbocycles. The summed E-state index contributed by atoms with van der Waals surface area (Å²) in [6, 6.07) is 16.4. The van der Waals surface area contributed by atoms with Crippen LogP contribution in [0.4, 0.5) is 0 Å². The van der Waals surface area contributed by atoms with Gasteiger partial charge in [-0.15, -0.1) is 0 Å². The first-order chi connectivity index (χ1) is 10.2. The lowest BCUT2D eigenvalue weighted by Crippen LogP contribution is -1.93. The van der Waals surface area contributed by atoms with Gasteiger partial charge in [0.05, 0.1) is 17.4 Å². The van der Waals surface area contributed by atoms with Crippen LogP contribution in [0.2, 0.25) is 5.02 Å². The summed E-state index contributed by atoms with van der Waals surface area (Å²) >= 11 is 5.78. The smallest absolute Gasteiger partial charge is 0.321 e. The molecule has 0 aliphatic heterocycles. The van der Waals surface area contributed by atoms with E-state index >= 15 is 0 Å². The fraction of sp³-hybridized carbons (Fsp3) is 0.0588. The standard InChI is InChI=1S/C17H13ClN2O/c1-12-6-8-13(9-7-12)15-4-2-3-5-16(15)21-17-19-10-14(18)11-20-17/h2-11H,1H3. The molecule has 0 spiro atoms. The summed E-state index contributed by atoms with van der Waals surface area (Å²) in [5.41, 5.74) is 3.30. The molecule has 0 saturated heterocycles. The van der Waals surface area contributed by atoms with Crippen molar-refractivity contribution in [1.29, 1.82) is 0 Å². The molecule has 0 bridgehead atoms. The molecule has 0 unspecified atom stereocenters. The van der Waals surface area contributed by atoms with Crippen molar-refractivity contribution in [3.8, 4) is 22.9 Å². The molecule has 0 N–H and O–H groups in total. The van der Waals surface area contributed by atoms with Crippen molar-refractivity contribution in [2.45, 2.75) is 6.92 Å². The predicted octanol–water partition coefficient (Wildman–Crippen LogP) is 4.90. The van der Waals surface area contributed by atoms with Gasteiger partial charge in [-0.2, -0.15) is 0 Å². The van der Waals surface area contributed by atoms with Gasteiger partial charge in [-0.25, -0.2) is 9.97 Å². The van der Waals surface area contributed by atoms with Crippen LogP contribution in [0.15, 0.2) is 60.9 Å². The van der Waals surface area contributed by atoms with Crippen LogP contribution in [0.25, 0.3) is 11.1 Å². The molecular weight excluding hydrogens is 284 g/mol. The van der Waals surface area contributed by atoms with Crippen molar-refractivity contribution in [2.24, 2.45) is 0 Å². The zero-order chi connectivity index (χ0) is 14.7. The molecule has 0 aliphatic rings. The number of para-hydroxylation sites is 1. The average molecular weight is 297 g/mol. The summed E-state index contributed by atoms with van der Waals surface area (Å²) in [4.78, 5) is 8.11. The summed E-state index contributed by atoms with van der Waals surface area (Å²) in [6.07, 6.45) is 3.02. The Hall–Kier alpha value is -2.39. The minimum Gasteiger partial charge on any atom is -0.424 e. The van der Waals surface area contributed by atoms with E-state index < -0.39 is 0 Å². The van der Waals surface area contributed by atoms with Gasteiger partial charge in [-0.1, -0.05) is 59.6 Å². The van der Waals surface area contributed by atoms with Gasteiger partial charge in [0.25, 0.3) is 0 Å². The molecule has 104 valence electrons. The van der Waals surface area contributed by atoms with Crippen molar-refractivity contribution >= 4 is 11.6 Å². The molecular formula is C17H13ClN2O. The van der Waals surface area contributed by atoms with E-state index in [1.54, 1.807) is 0 Å². The Morgan fingerprint density at radius 3 is 2.29 bits per heavy atom. The summed E-state index contributed by atoms with van der Waals surface area (Å²) in [6.45, 7) is 2.06. The minimum atomic E-state index is 0.277. The second kappa shape index (κ2) is 5.94. The van der Waals surface area contributed by atoms with Crippen LogP contribution in [0.3, 0.4) is 0 Å². The van der Waals surface area contributed by atoms with Crippen LogP contribution < -0.4 is 4.74 Å². The quantitative estimate of drug-likeness (QED) is 0.689. The Kier molecular flexibility index (Phi) is 3.84. The third-order valence-electron chi connectivity index (χ3n) is 3.05. The molecule has 0 amide bonds. The van der Waals surface area contributed by atoms with Gasteiger partial charge >= 0.3 is 6.01 Å². The summed E-state index contributed by atoms with van der Waals surface area (Å²) in [5.74, 6) is 0.712. The monoisotopic (exact) mass is 296 g/mol. The molecule has 0 fully saturated rings. The number of halogens is 1. The molecule has 0 radical (unpaired) electrons. The van der Waals surface area contributed by atoms with Crippen molar-refractivity contribution < 1.29 is 4.74 Å². The first-order valence-electron chi connectivity index (χ1n) is 6.54. The maximum Gasteiger partial charge on any atom is 0.321 e. The fourth-order valence-corrected chi connectivity index (χ4v) is 2.08. The molecule has 1 aromatic heterocycles. The SMILES string of the molecule is Cc1ccc(-c2ccccc2Oc2ncc(Cl)cn2)cc1. The third kappa shape index (κ3) is 3.20. The first-order valence-corrected chi connectivity index (χ1v) is 6.91. The van der Waals surface area contributed by atoms with Gasteiger partial charge < -0.3 is 4.74 Å². The molecule has 3 aromatic rings. The minimum absolute atomic E-state index is 0.277. The number of aromatic nitrogens is 2. The molecule has 4 heteroatoms. The van der Waals surface area contributed by atoms with Gasteiger partial charge in [0.2, 0.25) is 0 Å². The number of nitrogens with zero attached hydrogens (tertiary/aromatic N) is 2. The number of rotatable bonds is 3. The fourth-order valence-electron chi connectivity index (χ4n) is 1.98. The molecule has 21 heavy (non-hydrogen) atoms. The number of hydrogen-bond donors (Lipinski definition) is 0. The van der Waals surface area contributed by atoms with E-state index in [-0.39, 0.29) is 6.01 Å². The molecule has 3 rings (SSSR count).